The van der Waals surface area contributed by atoms with E-state index in [9.17, 15) is 0 Å². The molecule has 1 atom stereocenters. The Morgan fingerprint density at radius 1 is 1.41 bits per heavy atom. The molecule has 17 heavy (non-hydrogen) atoms. The lowest BCUT2D eigenvalue weighted by Crippen LogP contribution is -2.25. The zero-order chi connectivity index (χ0) is 19.3. The molecule has 0 aromatic heterocycles. The van der Waals surface area contributed by atoms with Gasteiger partial charge in [0.05, 0.1) is 9.35 Å². The molecule has 3 heteroatoms. The van der Waals surface area contributed by atoms with Gasteiger partial charge in [-0.2, -0.15) is 0 Å². The van der Waals surface area contributed by atoms with E-state index in [1.807, 2.05) is 0 Å². The number of ether oxygens (including phenoxy) is 3. The van der Waals surface area contributed by atoms with E-state index in [-0.39, 0.29) is 23.5 Å². The summed E-state index contributed by atoms with van der Waals surface area (Å²) in [7, 11) is 0. The zero-order valence-corrected chi connectivity index (χ0v) is 9.74. The van der Waals surface area contributed by atoms with Gasteiger partial charge >= 0.3 is 0 Å². The molecule has 0 bridgehead atoms. The fourth-order valence-corrected chi connectivity index (χ4v) is 1.54. The van der Waals surface area contributed by atoms with Crippen LogP contribution in [-0.2, 0) is 9.47 Å². The first-order valence-electron chi connectivity index (χ1n) is 9.27. The Labute approximate surface area is 114 Å². The molecule has 1 aromatic rings. The van der Waals surface area contributed by atoms with E-state index in [1.54, 1.807) is 13.8 Å². The number of rotatable bonds is 3. The summed E-state index contributed by atoms with van der Waals surface area (Å²) in [5.41, 5.74) is -0.480. The maximum Gasteiger partial charge on any atom is 0.163 e. The van der Waals surface area contributed by atoms with E-state index >= 15 is 0 Å². The highest BCUT2D eigenvalue weighted by molar-refractivity contribution is 5.32. The monoisotopic (exact) mass is 244 g/mol. The van der Waals surface area contributed by atoms with E-state index in [1.165, 1.54) is 0 Å². The second-order valence-corrected chi connectivity index (χ2v) is 4.28. The van der Waals surface area contributed by atoms with Crippen molar-refractivity contribution in [3.8, 4) is 5.75 Å². The van der Waals surface area contributed by atoms with Gasteiger partial charge in [-0.05, 0) is 50.8 Å². The molecule has 94 valence electrons. The van der Waals surface area contributed by atoms with E-state index in [2.05, 4.69) is 0 Å². The Kier molecular flexibility index (Phi) is 1.57. The van der Waals surface area contributed by atoms with Crippen molar-refractivity contribution in [1.82, 2.24) is 0 Å². The Balaban J connectivity index is 2.35. The quantitative estimate of drug-likeness (QED) is 0.818. The van der Waals surface area contributed by atoms with Crippen molar-refractivity contribution in [2.75, 3.05) is 13.2 Å². The minimum Gasteiger partial charge on any atom is -0.491 e. The Hall–Kier alpha value is -1.06. The topological polar surface area (TPSA) is 27.7 Å². The van der Waals surface area contributed by atoms with Crippen LogP contribution >= 0.6 is 0 Å². The summed E-state index contributed by atoms with van der Waals surface area (Å²) >= 11 is 0. The van der Waals surface area contributed by atoms with Gasteiger partial charge in [0, 0.05) is 8.22 Å². The summed E-state index contributed by atoms with van der Waals surface area (Å²) in [6, 6.07) is 3.28. The van der Waals surface area contributed by atoms with Gasteiger partial charge in [-0.25, -0.2) is 0 Å². The molecular weight excluding hydrogens is 216 g/mol. The summed E-state index contributed by atoms with van der Waals surface area (Å²) in [6.07, 6.45) is -1.05. The average Bonchev–Trinajstić information content (AvgIpc) is 2.77. The second-order valence-electron chi connectivity index (χ2n) is 4.28. The summed E-state index contributed by atoms with van der Waals surface area (Å²) in [5.74, 6) is -1.16. The van der Waals surface area contributed by atoms with Gasteiger partial charge < -0.3 is 14.2 Å². The van der Waals surface area contributed by atoms with Crippen LogP contribution in [0.3, 0.4) is 0 Å². The fourth-order valence-electron chi connectivity index (χ4n) is 1.54. The maximum absolute atomic E-state index is 8.05. The van der Waals surface area contributed by atoms with Crippen LogP contribution in [0.15, 0.2) is 18.2 Å². The summed E-state index contributed by atoms with van der Waals surface area (Å²) in [6.45, 7) is -4.24. The van der Waals surface area contributed by atoms with Crippen molar-refractivity contribution >= 4 is 0 Å². The second kappa shape index (κ2) is 4.67. The summed E-state index contributed by atoms with van der Waals surface area (Å²) < 4.78 is 77.0. The van der Waals surface area contributed by atoms with Gasteiger partial charge in [-0.3, -0.25) is 0 Å². The third-order valence-corrected chi connectivity index (χ3v) is 2.22. The lowest BCUT2D eigenvalue weighted by atomic mass is 10.1. The smallest absolute Gasteiger partial charge is 0.163 e. The Bertz CT molecular complexity index is 604. The van der Waals surface area contributed by atoms with E-state index in [0.717, 1.165) is 18.2 Å². The van der Waals surface area contributed by atoms with Crippen LogP contribution in [0.4, 0.5) is 0 Å². The Morgan fingerprint density at radius 3 is 2.65 bits per heavy atom. The minimum atomic E-state index is -2.55. The van der Waals surface area contributed by atoms with Gasteiger partial charge in [-0.15, -0.1) is 0 Å². The van der Waals surface area contributed by atoms with Gasteiger partial charge in [0.15, 0.2) is 5.79 Å². The molecule has 0 radical (unpaired) electrons. The maximum atomic E-state index is 8.05. The van der Waals surface area contributed by atoms with Crippen molar-refractivity contribution in [1.29, 1.82) is 0 Å². The molecule has 1 aromatic carbocycles. The number of hydrogen-bond donors (Lipinski definition) is 0. The van der Waals surface area contributed by atoms with Crippen molar-refractivity contribution in [2.24, 2.45) is 0 Å². The SMILES string of the molecule is [2H]C([2H])([2H])c1cc(OC([2H])([2H])C2COC(C)(C)O2)cc(C([2H])([2H])[2H])c1. The van der Waals surface area contributed by atoms with Crippen LogP contribution in [-0.4, -0.2) is 25.1 Å². The molecule has 0 aliphatic carbocycles. The van der Waals surface area contributed by atoms with Gasteiger partial charge in [0.2, 0.25) is 0 Å². The molecule has 0 N–H and O–H groups in total. The highest BCUT2D eigenvalue weighted by Gasteiger charge is 2.32. The van der Waals surface area contributed by atoms with E-state index in [4.69, 9.17) is 25.2 Å². The first kappa shape index (κ1) is 5.72. The van der Waals surface area contributed by atoms with Crippen molar-refractivity contribution in [3.05, 3.63) is 29.3 Å². The molecule has 0 saturated carbocycles. The first-order valence-corrected chi connectivity index (χ1v) is 5.27. The Morgan fingerprint density at radius 2 is 2.12 bits per heavy atom. The molecule has 0 spiro atoms. The number of aryl methyl sites for hydroxylation is 2. The largest absolute Gasteiger partial charge is 0.491 e. The minimum absolute atomic E-state index is 0.0505. The van der Waals surface area contributed by atoms with Crippen LogP contribution < -0.4 is 4.74 Å². The predicted octanol–water partition coefficient (Wildman–Crippen LogP) is 2.83. The summed E-state index contributed by atoms with van der Waals surface area (Å²) in [5, 5.41) is 0. The van der Waals surface area contributed by atoms with Gasteiger partial charge in [0.1, 0.15) is 18.4 Å². The molecule has 1 fully saturated rings. The molecule has 0 amide bonds. The molecule has 1 aliphatic heterocycles. The average molecular weight is 244 g/mol. The molecule has 1 saturated heterocycles. The highest BCUT2D eigenvalue weighted by atomic mass is 16.7. The molecule has 2 rings (SSSR count). The molecule has 1 aliphatic rings. The van der Waals surface area contributed by atoms with Crippen molar-refractivity contribution in [2.45, 2.75) is 39.4 Å². The lowest BCUT2D eigenvalue weighted by Gasteiger charge is -2.17. The number of hydrogen-bond acceptors (Lipinski definition) is 3. The van der Waals surface area contributed by atoms with Crippen LogP contribution in [0, 0.1) is 13.7 Å². The third kappa shape index (κ3) is 3.45. The van der Waals surface area contributed by atoms with Crippen LogP contribution in [0.5, 0.6) is 5.75 Å². The summed E-state index contributed by atoms with van der Waals surface area (Å²) in [4.78, 5) is 0. The molecular formula is C14H20O3. The van der Waals surface area contributed by atoms with E-state index < -0.39 is 32.2 Å². The van der Waals surface area contributed by atoms with Crippen LogP contribution in [0.2, 0.25) is 0 Å². The molecule has 3 nitrogen and oxygen atoms in total. The third-order valence-electron chi connectivity index (χ3n) is 2.22. The molecule has 1 unspecified atom stereocenters. The van der Waals surface area contributed by atoms with Crippen LogP contribution in [0.25, 0.3) is 0 Å². The zero-order valence-electron chi connectivity index (χ0n) is 17.7. The predicted molar refractivity (Wildman–Crippen MR) is 66.3 cm³/mol. The normalized spacial score (nSPS) is 32.0. The first-order chi connectivity index (χ1) is 11.1. The molecule has 1 heterocycles. The highest BCUT2D eigenvalue weighted by Crippen LogP contribution is 2.23. The fraction of sp³-hybridized carbons (Fsp3) is 0.571. The van der Waals surface area contributed by atoms with Crippen molar-refractivity contribution in [3.63, 3.8) is 0 Å². The van der Waals surface area contributed by atoms with E-state index in [0.29, 0.717) is 0 Å². The number of benzene rings is 1. The van der Waals surface area contributed by atoms with Gasteiger partial charge in [-0.1, -0.05) is 6.07 Å². The van der Waals surface area contributed by atoms with Crippen LogP contribution in [0.1, 0.15) is 35.9 Å². The van der Waals surface area contributed by atoms with Crippen molar-refractivity contribution < 1.29 is 25.2 Å². The lowest BCUT2D eigenvalue weighted by molar-refractivity contribution is -0.141. The standard InChI is InChI=1S/C14H20O3/c1-10-5-11(2)7-12(6-10)15-8-13-9-16-14(3,4)17-13/h5-7,13H,8-9H2,1-4H3/i1D3,2D3,8D2. The van der Waals surface area contributed by atoms with Gasteiger partial charge in [0.25, 0.3) is 0 Å².